The monoisotopic (exact) mass is 344 g/mol. The standard InChI is InChI=1S/C19H28N4O2/c1-19(2,3)25-18(24)20-11-8-14-9-12-23(13-10-14)17-21-15-6-4-5-7-16(15)22-17/h4-7,14H,8-13H2,1-3H3,(H,20,24)(H,21,22). The molecule has 6 heteroatoms. The number of piperidine rings is 1. The molecular formula is C19H28N4O2. The van der Waals surface area contributed by atoms with E-state index in [2.05, 4.69) is 26.3 Å². The van der Waals surface area contributed by atoms with Crippen molar-refractivity contribution in [1.82, 2.24) is 15.3 Å². The molecule has 0 atom stereocenters. The summed E-state index contributed by atoms with van der Waals surface area (Å²) in [5, 5.41) is 2.85. The fraction of sp³-hybridized carbons (Fsp3) is 0.579. The van der Waals surface area contributed by atoms with Crippen molar-refractivity contribution in [3.63, 3.8) is 0 Å². The molecule has 136 valence electrons. The van der Waals surface area contributed by atoms with Crippen LogP contribution in [0.15, 0.2) is 24.3 Å². The van der Waals surface area contributed by atoms with E-state index in [0.717, 1.165) is 49.3 Å². The molecule has 1 aliphatic rings. The quantitative estimate of drug-likeness (QED) is 0.887. The minimum Gasteiger partial charge on any atom is -0.444 e. The molecule has 0 saturated carbocycles. The molecule has 1 aromatic heterocycles. The molecule has 1 aromatic carbocycles. The van der Waals surface area contributed by atoms with Crippen LogP contribution in [0.3, 0.4) is 0 Å². The zero-order valence-electron chi connectivity index (χ0n) is 15.3. The molecule has 3 rings (SSSR count). The second-order valence-electron chi connectivity index (χ2n) is 7.73. The van der Waals surface area contributed by atoms with E-state index in [4.69, 9.17) is 4.74 Å². The van der Waals surface area contributed by atoms with E-state index >= 15 is 0 Å². The molecule has 1 amide bonds. The predicted octanol–water partition coefficient (Wildman–Crippen LogP) is 3.69. The van der Waals surface area contributed by atoms with Crippen molar-refractivity contribution in [1.29, 1.82) is 0 Å². The van der Waals surface area contributed by atoms with Gasteiger partial charge in [0.25, 0.3) is 0 Å². The number of aromatic nitrogens is 2. The van der Waals surface area contributed by atoms with Gasteiger partial charge in [-0.2, -0.15) is 0 Å². The molecule has 2 N–H and O–H groups in total. The Kier molecular flexibility index (Phi) is 5.16. The number of para-hydroxylation sites is 2. The molecule has 2 heterocycles. The van der Waals surface area contributed by atoms with Crippen molar-refractivity contribution < 1.29 is 9.53 Å². The molecule has 1 aliphatic heterocycles. The number of H-pyrrole nitrogens is 1. The lowest BCUT2D eigenvalue weighted by Gasteiger charge is -2.31. The van der Waals surface area contributed by atoms with Crippen LogP contribution in [0.4, 0.5) is 10.7 Å². The molecular weight excluding hydrogens is 316 g/mol. The summed E-state index contributed by atoms with van der Waals surface area (Å²) in [4.78, 5) is 22.1. The van der Waals surface area contributed by atoms with E-state index in [9.17, 15) is 4.79 Å². The summed E-state index contributed by atoms with van der Waals surface area (Å²) in [7, 11) is 0. The van der Waals surface area contributed by atoms with Crippen LogP contribution in [-0.4, -0.2) is 41.3 Å². The molecule has 0 unspecified atom stereocenters. The fourth-order valence-corrected chi connectivity index (χ4v) is 3.22. The number of rotatable bonds is 4. The Morgan fingerprint density at radius 1 is 1.32 bits per heavy atom. The molecule has 0 spiro atoms. The van der Waals surface area contributed by atoms with Gasteiger partial charge in [0.1, 0.15) is 5.60 Å². The van der Waals surface area contributed by atoms with Crippen LogP contribution in [0.2, 0.25) is 0 Å². The van der Waals surface area contributed by atoms with Gasteiger partial charge in [-0.25, -0.2) is 9.78 Å². The first-order chi connectivity index (χ1) is 11.9. The molecule has 0 radical (unpaired) electrons. The van der Waals surface area contributed by atoms with Crippen LogP contribution >= 0.6 is 0 Å². The Labute approximate surface area is 149 Å². The van der Waals surface area contributed by atoms with E-state index < -0.39 is 5.60 Å². The first-order valence-electron chi connectivity index (χ1n) is 9.07. The average Bonchev–Trinajstić information content (AvgIpc) is 2.98. The van der Waals surface area contributed by atoms with Crippen LogP contribution in [0.5, 0.6) is 0 Å². The number of alkyl carbamates (subject to hydrolysis) is 1. The van der Waals surface area contributed by atoms with Crippen LogP contribution in [-0.2, 0) is 4.74 Å². The summed E-state index contributed by atoms with van der Waals surface area (Å²) in [6.07, 6.45) is 2.90. The molecule has 2 aromatic rings. The highest BCUT2D eigenvalue weighted by Gasteiger charge is 2.22. The van der Waals surface area contributed by atoms with Gasteiger partial charge in [0.05, 0.1) is 11.0 Å². The van der Waals surface area contributed by atoms with E-state index in [1.54, 1.807) is 0 Å². The van der Waals surface area contributed by atoms with E-state index in [1.165, 1.54) is 0 Å². The minimum absolute atomic E-state index is 0.327. The number of carbonyl (C=O) groups is 1. The summed E-state index contributed by atoms with van der Waals surface area (Å²) in [5.74, 6) is 1.60. The molecule has 0 bridgehead atoms. The minimum atomic E-state index is -0.442. The Hall–Kier alpha value is -2.24. The van der Waals surface area contributed by atoms with Crippen LogP contribution in [0.25, 0.3) is 11.0 Å². The van der Waals surface area contributed by atoms with Gasteiger partial charge in [-0.3, -0.25) is 0 Å². The zero-order chi connectivity index (χ0) is 17.9. The number of fused-ring (bicyclic) bond motifs is 1. The number of amides is 1. The highest BCUT2D eigenvalue weighted by atomic mass is 16.6. The lowest BCUT2D eigenvalue weighted by Crippen LogP contribution is -2.37. The number of hydrogen-bond donors (Lipinski definition) is 2. The van der Waals surface area contributed by atoms with Crippen molar-refractivity contribution in [2.45, 2.75) is 45.6 Å². The number of anilines is 1. The van der Waals surface area contributed by atoms with Gasteiger partial charge >= 0.3 is 6.09 Å². The predicted molar refractivity (Wildman–Crippen MR) is 99.9 cm³/mol. The van der Waals surface area contributed by atoms with Gasteiger partial charge in [-0.15, -0.1) is 0 Å². The zero-order valence-corrected chi connectivity index (χ0v) is 15.3. The number of imidazole rings is 1. The van der Waals surface area contributed by atoms with Crippen molar-refractivity contribution in [3.05, 3.63) is 24.3 Å². The summed E-state index contributed by atoms with van der Waals surface area (Å²) < 4.78 is 5.26. The van der Waals surface area contributed by atoms with E-state index in [0.29, 0.717) is 12.5 Å². The Morgan fingerprint density at radius 3 is 2.72 bits per heavy atom. The largest absolute Gasteiger partial charge is 0.444 e. The van der Waals surface area contributed by atoms with Crippen LogP contribution in [0, 0.1) is 5.92 Å². The van der Waals surface area contributed by atoms with Crippen molar-refractivity contribution in [2.75, 3.05) is 24.5 Å². The summed E-state index contributed by atoms with van der Waals surface area (Å²) in [5.41, 5.74) is 1.66. The van der Waals surface area contributed by atoms with Crippen molar-refractivity contribution in [2.24, 2.45) is 5.92 Å². The van der Waals surface area contributed by atoms with Crippen LogP contribution < -0.4 is 10.2 Å². The third kappa shape index (κ3) is 4.87. The van der Waals surface area contributed by atoms with Gasteiger partial charge in [0.15, 0.2) is 0 Å². The van der Waals surface area contributed by atoms with Gasteiger partial charge in [0.2, 0.25) is 5.95 Å². The number of carbonyl (C=O) groups excluding carboxylic acids is 1. The molecule has 0 aliphatic carbocycles. The lowest BCUT2D eigenvalue weighted by molar-refractivity contribution is 0.0524. The third-order valence-electron chi connectivity index (χ3n) is 4.51. The van der Waals surface area contributed by atoms with Gasteiger partial charge < -0.3 is 19.9 Å². The maximum atomic E-state index is 11.7. The van der Waals surface area contributed by atoms with E-state index in [-0.39, 0.29) is 6.09 Å². The average molecular weight is 344 g/mol. The topological polar surface area (TPSA) is 70.2 Å². The normalized spacial score (nSPS) is 16.2. The smallest absolute Gasteiger partial charge is 0.407 e. The second kappa shape index (κ2) is 7.33. The lowest BCUT2D eigenvalue weighted by atomic mass is 9.94. The Balaban J connectivity index is 1.42. The Morgan fingerprint density at radius 2 is 2.04 bits per heavy atom. The van der Waals surface area contributed by atoms with Gasteiger partial charge in [0, 0.05) is 19.6 Å². The molecule has 25 heavy (non-hydrogen) atoms. The number of nitrogens with zero attached hydrogens (tertiary/aromatic N) is 2. The van der Waals surface area contributed by atoms with Crippen molar-refractivity contribution in [3.8, 4) is 0 Å². The molecule has 6 nitrogen and oxygen atoms in total. The molecule has 1 fully saturated rings. The first-order valence-corrected chi connectivity index (χ1v) is 9.07. The summed E-state index contributed by atoms with van der Waals surface area (Å²) in [6, 6.07) is 8.12. The number of hydrogen-bond acceptors (Lipinski definition) is 4. The maximum Gasteiger partial charge on any atom is 0.407 e. The fourth-order valence-electron chi connectivity index (χ4n) is 3.22. The number of nitrogens with one attached hydrogen (secondary N) is 2. The maximum absolute atomic E-state index is 11.7. The number of ether oxygens (including phenoxy) is 1. The third-order valence-corrected chi connectivity index (χ3v) is 4.51. The summed E-state index contributed by atoms with van der Waals surface area (Å²) in [6.45, 7) is 8.29. The SMILES string of the molecule is CC(C)(C)OC(=O)NCCC1CCN(c2nc3ccccc3[nH]2)CC1. The second-order valence-corrected chi connectivity index (χ2v) is 7.73. The molecule has 1 saturated heterocycles. The Bertz CT molecular complexity index is 679. The highest BCUT2D eigenvalue weighted by molar-refractivity contribution is 5.77. The summed E-state index contributed by atoms with van der Waals surface area (Å²) >= 11 is 0. The van der Waals surface area contributed by atoms with Crippen LogP contribution in [0.1, 0.15) is 40.0 Å². The van der Waals surface area contributed by atoms with E-state index in [1.807, 2.05) is 39.0 Å². The number of aromatic amines is 1. The van der Waals surface area contributed by atoms with Crippen molar-refractivity contribution >= 4 is 23.1 Å². The highest BCUT2D eigenvalue weighted by Crippen LogP contribution is 2.25. The number of benzene rings is 1. The van der Waals surface area contributed by atoms with Gasteiger partial charge in [-0.05, 0) is 58.1 Å². The van der Waals surface area contributed by atoms with Gasteiger partial charge in [-0.1, -0.05) is 12.1 Å². The first kappa shape index (κ1) is 17.6.